The number of nitrogens with zero attached hydrogens (tertiary/aromatic N) is 2. The predicted molar refractivity (Wildman–Crippen MR) is 132 cm³/mol. The van der Waals surface area contributed by atoms with E-state index in [1.165, 1.54) is 21.4 Å². The molecule has 0 unspecified atom stereocenters. The number of fused-ring (bicyclic) bond motifs is 1. The largest absolute Gasteiger partial charge is 0.506 e. The van der Waals surface area contributed by atoms with Crippen LogP contribution in [0.3, 0.4) is 0 Å². The number of anilines is 1. The van der Waals surface area contributed by atoms with Crippen LogP contribution in [0.4, 0.5) is 5.69 Å². The molecule has 6 heteroatoms. The number of rotatable bonds is 5. The summed E-state index contributed by atoms with van der Waals surface area (Å²) in [4.78, 5) is 22.0. The van der Waals surface area contributed by atoms with Gasteiger partial charge in [0.2, 0.25) is 5.91 Å². The molecule has 1 fully saturated rings. The van der Waals surface area contributed by atoms with Gasteiger partial charge < -0.3 is 19.9 Å². The number of piperazine rings is 1. The number of carbonyl (C=O) groups is 1. The minimum Gasteiger partial charge on any atom is -0.506 e. The van der Waals surface area contributed by atoms with Crippen molar-refractivity contribution in [1.82, 2.24) is 9.88 Å². The van der Waals surface area contributed by atoms with Crippen molar-refractivity contribution in [1.29, 1.82) is 0 Å². The third kappa shape index (κ3) is 3.98. The Bertz CT molecular complexity index is 1240. The van der Waals surface area contributed by atoms with E-state index in [-0.39, 0.29) is 5.91 Å². The van der Waals surface area contributed by atoms with Gasteiger partial charge >= 0.3 is 0 Å². The van der Waals surface area contributed by atoms with Gasteiger partial charge in [-0.3, -0.25) is 4.79 Å². The number of aromatic nitrogens is 1. The maximum Gasteiger partial charge on any atom is 0.223 e. The van der Waals surface area contributed by atoms with E-state index in [0.717, 1.165) is 36.4 Å². The first kappa shape index (κ1) is 20.6. The van der Waals surface area contributed by atoms with Gasteiger partial charge in [-0.2, -0.15) is 0 Å². The van der Waals surface area contributed by atoms with Gasteiger partial charge in [0, 0.05) is 43.5 Å². The maximum absolute atomic E-state index is 13.1. The van der Waals surface area contributed by atoms with Crippen LogP contribution in [0.2, 0.25) is 0 Å². The number of aromatic hydroxyl groups is 1. The van der Waals surface area contributed by atoms with E-state index >= 15 is 0 Å². The van der Waals surface area contributed by atoms with Gasteiger partial charge in [0.25, 0.3) is 0 Å². The third-order valence-corrected chi connectivity index (χ3v) is 7.16. The molecule has 1 amide bonds. The minimum atomic E-state index is 0.195. The number of thiophene rings is 1. The fourth-order valence-corrected chi connectivity index (χ4v) is 5.32. The number of phenolic OH excluding ortho intramolecular Hbond substituents is 1. The zero-order chi connectivity index (χ0) is 22.1. The third-order valence-electron chi connectivity index (χ3n) is 6.27. The molecule has 5 rings (SSSR count). The van der Waals surface area contributed by atoms with Crippen molar-refractivity contribution >= 4 is 33.8 Å². The number of nitrogens with one attached hydrogen (secondary N) is 1. The Balaban J connectivity index is 1.29. The van der Waals surface area contributed by atoms with Crippen molar-refractivity contribution in [2.75, 3.05) is 31.1 Å². The lowest BCUT2D eigenvalue weighted by atomic mass is 10.0. The lowest BCUT2D eigenvalue weighted by Crippen LogP contribution is -2.48. The van der Waals surface area contributed by atoms with Gasteiger partial charge in [-0.05, 0) is 54.6 Å². The smallest absolute Gasteiger partial charge is 0.223 e. The number of hydrogen-bond acceptors (Lipinski definition) is 4. The molecule has 1 saturated heterocycles. The quantitative estimate of drug-likeness (QED) is 0.444. The van der Waals surface area contributed by atoms with E-state index in [1.807, 2.05) is 23.1 Å². The Morgan fingerprint density at radius 3 is 2.62 bits per heavy atom. The summed E-state index contributed by atoms with van der Waals surface area (Å²) in [5.74, 6) is 0.490. The number of carbonyl (C=O) groups excluding carboxylic acids is 1. The molecule has 1 aliphatic rings. The number of hydrogen-bond donors (Lipinski definition) is 2. The number of aromatic amines is 1. The highest BCUT2D eigenvalue weighted by Gasteiger charge is 2.23. The molecule has 164 valence electrons. The van der Waals surface area contributed by atoms with Crippen LogP contribution in [0.15, 0.2) is 60.0 Å². The predicted octanol–water partition coefficient (Wildman–Crippen LogP) is 5.19. The van der Waals surface area contributed by atoms with Gasteiger partial charge in [0.05, 0.1) is 16.3 Å². The van der Waals surface area contributed by atoms with Crippen molar-refractivity contribution in [3.8, 4) is 16.3 Å². The minimum absolute atomic E-state index is 0.195. The average Bonchev–Trinajstić information content (AvgIpc) is 3.46. The molecule has 0 atom stereocenters. The SMILES string of the molecule is Cc1ccc2[nH]c(-c3cccs3)c(CCC(=O)N3CCN(c4ccccc4O)CC3)c2c1. The van der Waals surface area contributed by atoms with Gasteiger partial charge in [-0.1, -0.05) is 29.8 Å². The van der Waals surface area contributed by atoms with Crippen LogP contribution in [-0.2, 0) is 11.2 Å². The molecular weight excluding hydrogens is 418 g/mol. The number of phenols is 1. The summed E-state index contributed by atoms with van der Waals surface area (Å²) in [6.45, 7) is 4.93. The molecule has 32 heavy (non-hydrogen) atoms. The van der Waals surface area contributed by atoms with Crippen molar-refractivity contribution < 1.29 is 9.90 Å². The molecule has 0 radical (unpaired) electrons. The number of H-pyrrole nitrogens is 1. The first-order valence-corrected chi connectivity index (χ1v) is 11.9. The number of amides is 1. The van der Waals surface area contributed by atoms with E-state index in [9.17, 15) is 9.90 Å². The normalized spacial score (nSPS) is 14.3. The molecule has 2 aromatic carbocycles. The van der Waals surface area contributed by atoms with E-state index < -0.39 is 0 Å². The van der Waals surface area contributed by atoms with E-state index in [4.69, 9.17) is 0 Å². The highest BCUT2D eigenvalue weighted by Crippen LogP contribution is 2.34. The second-order valence-corrected chi connectivity index (χ2v) is 9.31. The van der Waals surface area contributed by atoms with Crippen molar-refractivity contribution in [2.24, 2.45) is 0 Å². The highest BCUT2D eigenvalue weighted by atomic mass is 32.1. The summed E-state index contributed by atoms with van der Waals surface area (Å²) < 4.78 is 0. The Hall–Kier alpha value is -3.25. The summed E-state index contributed by atoms with van der Waals surface area (Å²) >= 11 is 1.72. The van der Waals surface area contributed by atoms with Gasteiger partial charge in [0.1, 0.15) is 5.75 Å². The van der Waals surface area contributed by atoms with Crippen molar-refractivity contribution in [3.63, 3.8) is 0 Å². The second kappa shape index (κ2) is 8.71. The second-order valence-electron chi connectivity index (χ2n) is 8.36. The number of benzene rings is 2. The zero-order valence-corrected chi connectivity index (χ0v) is 19.0. The lowest BCUT2D eigenvalue weighted by Gasteiger charge is -2.36. The molecule has 2 N–H and O–H groups in total. The molecule has 0 spiro atoms. The maximum atomic E-state index is 13.1. The molecule has 4 aromatic rings. The number of aryl methyl sites for hydroxylation is 2. The fourth-order valence-electron chi connectivity index (χ4n) is 4.57. The van der Waals surface area contributed by atoms with E-state index in [2.05, 4.69) is 52.5 Å². The van der Waals surface area contributed by atoms with Crippen LogP contribution in [0, 0.1) is 6.92 Å². The summed E-state index contributed by atoms with van der Waals surface area (Å²) in [6.07, 6.45) is 1.21. The first-order chi connectivity index (χ1) is 15.6. The molecule has 0 bridgehead atoms. The van der Waals surface area contributed by atoms with Gasteiger partial charge in [-0.15, -0.1) is 11.3 Å². The van der Waals surface area contributed by atoms with Crippen LogP contribution >= 0.6 is 11.3 Å². The summed E-state index contributed by atoms with van der Waals surface area (Å²) in [7, 11) is 0. The van der Waals surface area contributed by atoms with Crippen molar-refractivity contribution in [2.45, 2.75) is 19.8 Å². The van der Waals surface area contributed by atoms with Gasteiger partial charge in [0.15, 0.2) is 0 Å². The zero-order valence-electron chi connectivity index (χ0n) is 18.2. The Kier molecular flexibility index (Phi) is 5.62. The Morgan fingerprint density at radius 1 is 1.06 bits per heavy atom. The lowest BCUT2D eigenvalue weighted by molar-refractivity contribution is -0.131. The first-order valence-electron chi connectivity index (χ1n) is 11.1. The molecule has 3 heterocycles. The topological polar surface area (TPSA) is 59.6 Å². The van der Waals surface area contributed by atoms with Crippen LogP contribution in [0.5, 0.6) is 5.75 Å². The average molecular weight is 446 g/mol. The number of para-hydroxylation sites is 2. The Morgan fingerprint density at radius 2 is 1.88 bits per heavy atom. The summed E-state index contributed by atoms with van der Waals surface area (Å²) in [5, 5.41) is 13.4. The van der Waals surface area contributed by atoms with Crippen LogP contribution < -0.4 is 4.90 Å². The molecule has 5 nitrogen and oxygen atoms in total. The Labute approximate surface area is 191 Å². The summed E-state index contributed by atoms with van der Waals surface area (Å²) in [5.41, 5.74) is 5.55. The van der Waals surface area contributed by atoms with Gasteiger partial charge in [-0.25, -0.2) is 0 Å². The van der Waals surface area contributed by atoms with E-state index in [1.54, 1.807) is 17.4 Å². The van der Waals surface area contributed by atoms with Crippen LogP contribution in [0.1, 0.15) is 17.5 Å². The molecule has 2 aromatic heterocycles. The van der Waals surface area contributed by atoms with E-state index in [0.29, 0.717) is 25.3 Å². The highest BCUT2D eigenvalue weighted by molar-refractivity contribution is 7.13. The standard InChI is InChI=1S/C26H27N3O2S/c1-18-8-10-21-20(17-18)19(26(27-21)24-7-4-16-32-24)9-11-25(31)29-14-12-28(13-15-29)22-5-2-3-6-23(22)30/h2-8,10,16-17,27,30H,9,11-15H2,1H3. The molecule has 1 aliphatic heterocycles. The molecule has 0 saturated carbocycles. The van der Waals surface area contributed by atoms with Crippen LogP contribution in [0.25, 0.3) is 21.5 Å². The fraction of sp³-hybridized carbons (Fsp3) is 0.269. The monoisotopic (exact) mass is 445 g/mol. The van der Waals surface area contributed by atoms with Crippen LogP contribution in [-0.4, -0.2) is 47.1 Å². The molecular formula is C26H27N3O2S. The van der Waals surface area contributed by atoms with Crippen molar-refractivity contribution in [3.05, 3.63) is 71.1 Å². The summed E-state index contributed by atoms with van der Waals surface area (Å²) in [6, 6.07) is 18.1. The molecule has 0 aliphatic carbocycles.